The van der Waals surface area contributed by atoms with Crippen LogP contribution in [0.5, 0.6) is 11.5 Å². The summed E-state index contributed by atoms with van der Waals surface area (Å²) >= 11 is 1.57. The van der Waals surface area contributed by atoms with Crippen molar-refractivity contribution in [1.82, 2.24) is 10.3 Å². The summed E-state index contributed by atoms with van der Waals surface area (Å²) in [4.78, 5) is 16.7. The van der Waals surface area contributed by atoms with Crippen LogP contribution in [0.3, 0.4) is 0 Å². The Morgan fingerprint density at radius 2 is 1.93 bits per heavy atom. The maximum Gasteiger partial charge on any atom is 0.220 e. The van der Waals surface area contributed by atoms with Gasteiger partial charge in [0.1, 0.15) is 11.5 Å². The number of phenols is 1. The number of carbonyl (C=O) groups excluding carboxylic acids is 1. The van der Waals surface area contributed by atoms with Crippen molar-refractivity contribution in [1.29, 1.82) is 0 Å². The summed E-state index contributed by atoms with van der Waals surface area (Å²) in [6.07, 6.45) is 1.78. The van der Waals surface area contributed by atoms with E-state index in [1.54, 1.807) is 30.6 Å². The Bertz CT molecular complexity index is 890. The number of thiazole rings is 1. The molecule has 1 aromatic heterocycles. The van der Waals surface area contributed by atoms with Crippen molar-refractivity contribution < 1.29 is 14.6 Å². The standard InChI is InChI=1S/C21H22N2O3S/c1-26-19-5-3-2-4-16(19)8-11-20(25)22-13-12-21-23-18(14-27-21)15-6-9-17(24)10-7-15/h2-7,9-10,14,24H,8,11-13H2,1H3,(H,22,25). The van der Waals surface area contributed by atoms with Crippen molar-refractivity contribution in [2.75, 3.05) is 13.7 Å². The monoisotopic (exact) mass is 382 g/mol. The number of amides is 1. The zero-order chi connectivity index (χ0) is 19.1. The normalized spacial score (nSPS) is 10.6. The van der Waals surface area contributed by atoms with E-state index in [0.29, 0.717) is 25.8 Å². The third-order valence-corrected chi connectivity index (χ3v) is 5.10. The molecule has 6 heteroatoms. The number of ether oxygens (including phenoxy) is 1. The fraction of sp³-hybridized carbons (Fsp3) is 0.238. The van der Waals surface area contributed by atoms with Crippen LogP contribution >= 0.6 is 11.3 Å². The number of rotatable bonds is 8. The zero-order valence-corrected chi connectivity index (χ0v) is 16.0. The fourth-order valence-corrected chi connectivity index (χ4v) is 3.55. The molecule has 0 atom stereocenters. The summed E-state index contributed by atoms with van der Waals surface area (Å²) in [6.45, 7) is 0.563. The second-order valence-corrected chi connectivity index (χ2v) is 7.03. The van der Waals surface area contributed by atoms with Crippen LogP contribution in [-0.2, 0) is 17.6 Å². The molecule has 0 spiro atoms. The minimum Gasteiger partial charge on any atom is -0.508 e. The van der Waals surface area contributed by atoms with Crippen molar-refractivity contribution in [2.24, 2.45) is 0 Å². The van der Waals surface area contributed by atoms with Crippen LogP contribution in [-0.4, -0.2) is 29.7 Å². The third-order valence-electron chi connectivity index (χ3n) is 4.19. The molecule has 0 fully saturated rings. The van der Waals surface area contributed by atoms with Gasteiger partial charge in [-0.05, 0) is 42.3 Å². The van der Waals surface area contributed by atoms with Gasteiger partial charge in [0.25, 0.3) is 0 Å². The number of aryl methyl sites for hydroxylation is 1. The first-order chi connectivity index (χ1) is 13.2. The SMILES string of the molecule is COc1ccccc1CCC(=O)NCCc1nc(-c2ccc(O)cc2)cs1. The van der Waals surface area contributed by atoms with Crippen LogP contribution < -0.4 is 10.1 Å². The Morgan fingerprint density at radius 3 is 2.70 bits per heavy atom. The minimum atomic E-state index is 0.0243. The highest BCUT2D eigenvalue weighted by molar-refractivity contribution is 7.09. The molecule has 5 nitrogen and oxygen atoms in total. The summed E-state index contributed by atoms with van der Waals surface area (Å²) in [7, 11) is 1.64. The number of hydrogen-bond acceptors (Lipinski definition) is 5. The van der Waals surface area contributed by atoms with Crippen LogP contribution in [0, 0.1) is 0 Å². The summed E-state index contributed by atoms with van der Waals surface area (Å²) in [6, 6.07) is 14.7. The lowest BCUT2D eigenvalue weighted by Crippen LogP contribution is -2.25. The lowest BCUT2D eigenvalue weighted by Gasteiger charge is -2.08. The molecule has 27 heavy (non-hydrogen) atoms. The van der Waals surface area contributed by atoms with E-state index in [1.165, 1.54) is 0 Å². The molecule has 140 valence electrons. The number of methoxy groups -OCH3 is 1. The van der Waals surface area contributed by atoms with E-state index in [1.807, 2.05) is 41.8 Å². The van der Waals surface area contributed by atoms with Gasteiger partial charge in [-0.3, -0.25) is 4.79 Å². The molecule has 2 N–H and O–H groups in total. The molecule has 0 bridgehead atoms. The number of carbonyl (C=O) groups is 1. The summed E-state index contributed by atoms with van der Waals surface area (Å²) in [5.74, 6) is 1.08. The summed E-state index contributed by atoms with van der Waals surface area (Å²) in [5, 5.41) is 15.3. The van der Waals surface area contributed by atoms with Gasteiger partial charge < -0.3 is 15.2 Å². The van der Waals surface area contributed by atoms with Crippen LogP contribution in [0.2, 0.25) is 0 Å². The highest BCUT2D eigenvalue weighted by Gasteiger charge is 2.08. The van der Waals surface area contributed by atoms with Gasteiger partial charge in [0, 0.05) is 30.3 Å². The van der Waals surface area contributed by atoms with E-state index in [9.17, 15) is 9.90 Å². The van der Waals surface area contributed by atoms with Crippen LogP contribution in [0.4, 0.5) is 0 Å². The molecule has 0 aliphatic carbocycles. The molecule has 0 aliphatic rings. The molecule has 3 aromatic rings. The zero-order valence-electron chi connectivity index (χ0n) is 15.1. The lowest BCUT2D eigenvalue weighted by atomic mass is 10.1. The van der Waals surface area contributed by atoms with Gasteiger partial charge >= 0.3 is 0 Å². The van der Waals surface area contributed by atoms with Crippen LogP contribution in [0.25, 0.3) is 11.3 Å². The smallest absolute Gasteiger partial charge is 0.220 e. The number of nitrogens with one attached hydrogen (secondary N) is 1. The molecule has 0 unspecified atom stereocenters. The van der Waals surface area contributed by atoms with E-state index in [0.717, 1.165) is 27.6 Å². The van der Waals surface area contributed by atoms with Crippen molar-refractivity contribution in [3.63, 3.8) is 0 Å². The number of para-hydroxylation sites is 1. The van der Waals surface area contributed by atoms with Crippen LogP contribution in [0.15, 0.2) is 53.9 Å². The predicted molar refractivity (Wildman–Crippen MR) is 107 cm³/mol. The fourth-order valence-electron chi connectivity index (χ4n) is 2.75. The number of nitrogens with zero attached hydrogens (tertiary/aromatic N) is 1. The minimum absolute atomic E-state index is 0.0243. The first-order valence-electron chi connectivity index (χ1n) is 8.78. The maximum atomic E-state index is 12.1. The predicted octanol–water partition coefficient (Wildman–Crippen LogP) is 3.82. The summed E-state index contributed by atoms with van der Waals surface area (Å²) < 4.78 is 5.31. The van der Waals surface area contributed by atoms with E-state index < -0.39 is 0 Å². The molecule has 0 radical (unpaired) electrons. The number of aromatic nitrogens is 1. The van der Waals surface area contributed by atoms with Gasteiger partial charge in [0.05, 0.1) is 17.8 Å². The first kappa shape index (κ1) is 18.9. The molecule has 1 amide bonds. The van der Waals surface area contributed by atoms with E-state index in [-0.39, 0.29) is 11.7 Å². The number of phenolic OH excluding ortho intramolecular Hbond substituents is 1. The molecular formula is C21H22N2O3S. The highest BCUT2D eigenvalue weighted by atomic mass is 32.1. The maximum absolute atomic E-state index is 12.1. The average molecular weight is 382 g/mol. The molecule has 0 aliphatic heterocycles. The second-order valence-electron chi connectivity index (χ2n) is 6.09. The summed E-state index contributed by atoms with van der Waals surface area (Å²) in [5.41, 5.74) is 2.89. The Kier molecular flexibility index (Phi) is 6.44. The Hall–Kier alpha value is -2.86. The molecule has 2 aromatic carbocycles. The second kappa shape index (κ2) is 9.19. The van der Waals surface area contributed by atoms with Crippen molar-refractivity contribution >= 4 is 17.2 Å². The Balaban J connectivity index is 1.44. The van der Waals surface area contributed by atoms with Crippen LogP contribution in [0.1, 0.15) is 17.0 Å². The highest BCUT2D eigenvalue weighted by Crippen LogP contribution is 2.24. The first-order valence-corrected chi connectivity index (χ1v) is 9.66. The van der Waals surface area contributed by atoms with Crippen molar-refractivity contribution in [3.05, 3.63) is 64.5 Å². The lowest BCUT2D eigenvalue weighted by molar-refractivity contribution is -0.121. The van der Waals surface area contributed by atoms with Gasteiger partial charge in [-0.1, -0.05) is 18.2 Å². The van der Waals surface area contributed by atoms with Gasteiger partial charge in [0.2, 0.25) is 5.91 Å². The largest absolute Gasteiger partial charge is 0.508 e. The van der Waals surface area contributed by atoms with Crippen molar-refractivity contribution in [2.45, 2.75) is 19.3 Å². The Morgan fingerprint density at radius 1 is 1.15 bits per heavy atom. The quantitative estimate of drug-likeness (QED) is 0.621. The van der Waals surface area contributed by atoms with E-state index in [4.69, 9.17) is 4.74 Å². The molecule has 3 rings (SSSR count). The number of hydrogen-bond donors (Lipinski definition) is 2. The molecule has 1 heterocycles. The van der Waals surface area contributed by atoms with Gasteiger partial charge in [-0.25, -0.2) is 4.98 Å². The number of aromatic hydroxyl groups is 1. The van der Waals surface area contributed by atoms with Gasteiger partial charge in [-0.2, -0.15) is 0 Å². The third kappa shape index (κ3) is 5.31. The topological polar surface area (TPSA) is 71.5 Å². The van der Waals surface area contributed by atoms with Crippen molar-refractivity contribution in [3.8, 4) is 22.8 Å². The Labute approximate surface area is 162 Å². The van der Waals surface area contributed by atoms with E-state index >= 15 is 0 Å². The van der Waals surface area contributed by atoms with E-state index in [2.05, 4.69) is 10.3 Å². The average Bonchev–Trinajstić information content (AvgIpc) is 3.16. The number of benzene rings is 2. The molecular weight excluding hydrogens is 360 g/mol. The van der Waals surface area contributed by atoms with Gasteiger partial charge in [-0.15, -0.1) is 11.3 Å². The molecule has 0 saturated carbocycles. The molecule has 0 saturated heterocycles. The van der Waals surface area contributed by atoms with Gasteiger partial charge in [0.15, 0.2) is 0 Å².